The molecule has 114 valence electrons. The molecule has 4 heteroatoms. The molecule has 0 amide bonds. The van der Waals surface area contributed by atoms with Crippen molar-refractivity contribution in [2.24, 2.45) is 0 Å². The van der Waals surface area contributed by atoms with Gasteiger partial charge in [-0.3, -0.25) is 0 Å². The van der Waals surface area contributed by atoms with E-state index in [9.17, 15) is 0 Å². The van der Waals surface area contributed by atoms with Crippen molar-refractivity contribution in [3.63, 3.8) is 0 Å². The quantitative estimate of drug-likeness (QED) is 0.779. The monoisotopic (exact) mass is 295 g/mol. The zero-order valence-corrected chi connectivity index (χ0v) is 14.7. The fourth-order valence-electron chi connectivity index (χ4n) is 2.03. The van der Waals surface area contributed by atoms with Crippen molar-refractivity contribution in [3.8, 4) is 0 Å². The lowest BCUT2D eigenvalue weighted by Gasteiger charge is -2.17. The van der Waals surface area contributed by atoms with Crippen molar-refractivity contribution in [2.75, 3.05) is 13.1 Å². The molecule has 0 aromatic carbocycles. The Kier molecular flexibility index (Phi) is 6.96. The van der Waals surface area contributed by atoms with Gasteiger partial charge in [0.05, 0.1) is 5.75 Å². The molecule has 1 N–H and O–H groups in total. The van der Waals surface area contributed by atoms with Crippen LogP contribution in [0.2, 0.25) is 0 Å². The highest BCUT2D eigenvalue weighted by molar-refractivity contribution is 7.99. The maximum Gasteiger partial charge on any atom is 0.138 e. The van der Waals surface area contributed by atoms with Gasteiger partial charge in [0.1, 0.15) is 5.82 Å². The van der Waals surface area contributed by atoms with Crippen molar-refractivity contribution in [3.05, 3.63) is 22.8 Å². The lowest BCUT2D eigenvalue weighted by Crippen LogP contribution is -2.19. The molecular formula is C16H29N3S. The zero-order chi connectivity index (χ0) is 15.2. The summed E-state index contributed by atoms with van der Waals surface area (Å²) in [7, 11) is 0. The molecule has 1 rings (SSSR count). The predicted octanol–water partition coefficient (Wildman–Crippen LogP) is 3.67. The minimum atomic E-state index is 0.258. The molecule has 1 aromatic heterocycles. The van der Waals surface area contributed by atoms with Crippen LogP contribution in [0.5, 0.6) is 0 Å². The standard InChI is InChI=1S/C16H29N3S/c1-7-9-17-10-8-14-12(2)18-15(19-13(14)3)11-20-16(4,5)6/h17H,7-11H2,1-6H3. The van der Waals surface area contributed by atoms with Gasteiger partial charge in [-0.15, -0.1) is 11.8 Å². The van der Waals surface area contributed by atoms with Gasteiger partial charge in [-0.2, -0.15) is 0 Å². The van der Waals surface area contributed by atoms with Crippen molar-refractivity contribution >= 4 is 11.8 Å². The smallest absolute Gasteiger partial charge is 0.138 e. The molecule has 0 saturated heterocycles. The molecule has 0 fully saturated rings. The fourth-order valence-corrected chi connectivity index (χ4v) is 2.72. The number of aryl methyl sites for hydroxylation is 2. The third kappa shape index (κ3) is 6.23. The van der Waals surface area contributed by atoms with Gasteiger partial charge in [-0.1, -0.05) is 27.7 Å². The van der Waals surface area contributed by atoms with Crippen molar-refractivity contribution in [2.45, 2.75) is 64.9 Å². The summed E-state index contributed by atoms with van der Waals surface area (Å²) in [5.74, 6) is 1.85. The predicted molar refractivity (Wildman–Crippen MR) is 89.4 cm³/mol. The van der Waals surface area contributed by atoms with Crippen LogP contribution >= 0.6 is 11.8 Å². The van der Waals surface area contributed by atoms with Crippen LogP contribution in [0.15, 0.2) is 0 Å². The summed E-state index contributed by atoms with van der Waals surface area (Å²) in [5, 5.41) is 3.44. The van der Waals surface area contributed by atoms with Crippen molar-refractivity contribution < 1.29 is 0 Å². The molecule has 0 aliphatic heterocycles. The lowest BCUT2D eigenvalue weighted by atomic mass is 10.1. The van der Waals surface area contributed by atoms with Crippen molar-refractivity contribution in [1.82, 2.24) is 15.3 Å². The Morgan fingerprint density at radius 1 is 1.05 bits per heavy atom. The first-order valence-electron chi connectivity index (χ1n) is 7.51. The van der Waals surface area contributed by atoms with E-state index < -0.39 is 0 Å². The molecular weight excluding hydrogens is 266 g/mol. The van der Waals surface area contributed by atoms with E-state index in [0.29, 0.717) is 0 Å². The van der Waals surface area contributed by atoms with Gasteiger partial charge in [0.2, 0.25) is 0 Å². The molecule has 0 radical (unpaired) electrons. The number of thioether (sulfide) groups is 1. The number of aromatic nitrogens is 2. The summed E-state index contributed by atoms with van der Waals surface area (Å²) in [4.78, 5) is 9.35. The average Bonchev–Trinajstić information content (AvgIpc) is 2.34. The third-order valence-corrected chi connectivity index (χ3v) is 4.35. The molecule has 1 heterocycles. The van der Waals surface area contributed by atoms with Gasteiger partial charge in [-0.25, -0.2) is 9.97 Å². The van der Waals surface area contributed by atoms with Crippen LogP contribution in [-0.4, -0.2) is 27.8 Å². The maximum absolute atomic E-state index is 4.68. The highest BCUT2D eigenvalue weighted by Gasteiger charge is 2.13. The van der Waals surface area contributed by atoms with Crippen LogP contribution in [0.3, 0.4) is 0 Å². The van der Waals surface area contributed by atoms with E-state index in [1.54, 1.807) is 0 Å². The highest BCUT2D eigenvalue weighted by Crippen LogP contribution is 2.26. The Morgan fingerprint density at radius 3 is 2.15 bits per heavy atom. The molecule has 0 atom stereocenters. The normalized spacial score (nSPS) is 11.9. The summed E-state index contributed by atoms with van der Waals surface area (Å²) < 4.78 is 0.258. The van der Waals surface area contributed by atoms with Gasteiger partial charge < -0.3 is 5.32 Å². The second kappa shape index (κ2) is 7.99. The van der Waals surface area contributed by atoms with E-state index >= 15 is 0 Å². The van der Waals surface area contributed by atoms with E-state index in [0.717, 1.165) is 42.5 Å². The second-order valence-corrected chi connectivity index (χ2v) is 7.99. The summed E-state index contributed by atoms with van der Waals surface area (Å²) in [6.07, 6.45) is 2.20. The van der Waals surface area contributed by atoms with E-state index in [1.165, 1.54) is 12.0 Å². The SMILES string of the molecule is CCCNCCc1c(C)nc(CSC(C)(C)C)nc1C. The van der Waals surface area contributed by atoms with E-state index in [2.05, 4.69) is 56.8 Å². The molecule has 1 aromatic rings. The van der Waals surface area contributed by atoms with Crippen LogP contribution in [0.4, 0.5) is 0 Å². The Labute approximate surface area is 128 Å². The van der Waals surface area contributed by atoms with Crippen LogP contribution in [0, 0.1) is 13.8 Å². The van der Waals surface area contributed by atoms with E-state index in [1.807, 2.05) is 11.8 Å². The summed E-state index contributed by atoms with van der Waals surface area (Å²) in [6.45, 7) is 15.2. The number of hydrogen-bond donors (Lipinski definition) is 1. The average molecular weight is 295 g/mol. The van der Waals surface area contributed by atoms with E-state index in [4.69, 9.17) is 0 Å². The molecule has 3 nitrogen and oxygen atoms in total. The first-order chi connectivity index (χ1) is 9.33. The van der Waals surface area contributed by atoms with E-state index in [-0.39, 0.29) is 4.75 Å². The Morgan fingerprint density at radius 2 is 1.65 bits per heavy atom. The zero-order valence-electron chi connectivity index (χ0n) is 13.8. The van der Waals surface area contributed by atoms with Crippen LogP contribution in [0.25, 0.3) is 0 Å². The molecule has 0 aliphatic carbocycles. The third-order valence-electron chi connectivity index (χ3n) is 3.08. The van der Waals surface area contributed by atoms with Gasteiger partial charge >= 0.3 is 0 Å². The minimum Gasteiger partial charge on any atom is -0.316 e. The second-order valence-electron chi connectivity index (χ2n) is 6.19. The summed E-state index contributed by atoms with van der Waals surface area (Å²) in [5.41, 5.74) is 3.58. The maximum atomic E-state index is 4.68. The first kappa shape index (κ1) is 17.4. The fraction of sp³-hybridized carbons (Fsp3) is 0.750. The van der Waals surface area contributed by atoms with Crippen LogP contribution in [-0.2, 0) is 12.2 Å². The number of rotatable bonds is 7. The van der Waals surface area contributed by atoms with Gasteiger partial charge in [-0.05, 0) is 45.3 Å². The molecule has 0 unspecified atom stereocenters. The van der Waals surface area contributed by atoms with Gasteiger partial charge in [0, 0.05) is 16.1 Å². The molecule has 0 spiro atoms. The molecule has 0 aliphatic rings. The first-order valence-corrected chi connectivity index (χ1v) is 8.49. The van der Waals surface area contributed by atoms with Crippen LogP contribution < -0.4 is 5.32 Å². The van der Waals surface area contributed by atoms with Gasteiger partial charge in [0.15, 0.2) is 0 Å². The van der Waals surface area contributed by atoms with Crippen LogP contribution in [0.1, 0.15) is 56.9 Å². The topological polar surface area (TPSA) is 37.8 Å². The number of nitrogens with one attached hydrogen (secondary N) is 1. The Hall–Kier alpha value is -0.610. The Bertz CT molecular complexity index is 401. The van der Waals surface area contributed by atoms with Gasteiger partial charge in [0.25, 0.3) is 0 Å². The largest absolute Gasteiger partial charge is 0.316 e. The molecule has 0 bridgehead atoms. The number of nitrogens with zero attached hydrogens (tertiary/aromatic N) is 2. The minimum absolute atomic E-state index is 0.258. The lowest BCUT2D eigenvalue weighted by molar-refractivity contribution is 0.665. The molecule has 20 heavy (non-hydrogen) atoms. The highest BCUT2D eigenvalue weighted by atomic mass is 32.2. The summed E-state index contributed by atoms with van der Waals surface area (Å²) in [6, 6.07) is 0. The van der Waals surface area contributed by atoms with Crippen molar-refractivity contribution in [1.29, 1.82) is 0 Å². The summed E-state index contributed by atoms with van der Waals surface area (Å²) >= 11 is 1.90. The Balaban J connectivity index is 2.66. The molecule has 0 saturated carbocycles. The number of hydrogen-bond acceptors (Lipinski definition) is 4.